The van der Waals surface area contributed by atoms with Gasteiger partial charge in [0.1, 0.15) is 35.2 Å². The lowest BCUT2D eigenvalue weighted by molar-refractivity contribution is -0.383. The van der Waals surface area contributed by atoms with Crippen LogP contribution in [0.5, 0.6) is 23.1 Å². The number of aliphatic carboxylic acids is 1. The molecule has 400 valence electrons. The summed E-state index contributed by atoms with van der Waals surface area (Å²) in [5.74, 6) is -0.411. The molecule has 28 heteroatoms. The van der Waals surface area contributed by atoms with E-state index in [1.165, 1.54) is 43.3 Å². The van der Waals surface area contributed by atoms with Crippen molar-refractivity contribution in [3.63, 3.8) is 0 Å². The fourth-order valence-electron chi connectivity index (χ4n) is 5.45. The van der Waals surface area contributed by atoms with Gasteiger partial charge in [-0.3, -0.25) is 10.1 Å². The minimum Gasteiger partial charge on any atom is -0.492 e. The second kappa shape index (κ2) is 27.0. The molecule has 0 aliphatic rings. The number of carboxylic acids is 1. The number of nitrogens with one attached hydrogen (secondary N) is 1. The average molecular weight is 1100 g/mol. The lowest BCUT2D eigenvalue weighted by Gasteiger charge is -2.20. The van der Waals surface area contributed by atoms with Gasteiger partial charge in [0.25, 0.3) is 0 Å². The molecule has 2 unspecified atom stereocenters. The Morgan fingerprint density at radius 2 is 1.31 bits per heavy atom. The van der Waals surface area contributed by atoms with E-state index in [1.54, 1.807) is 0 Å². The van der Waals surface area contributed by atoms with Gasteiger partial charge >= 0.3 is 36.4 Å². The normalized spacial score (nSPS) is 12.2. The number of anilines is 1. The van der Waals surface area contributed by atoms with Crippen molar-refractivity contribution < 1.29 is 86.5 Å². The Kier molecular flexibility index (Phi) is 22.2. The van der Waals surface area contributed by atoms with Crippen LogP contribution in [0.2, 0.25) is 10.0 Å². The lowest BCUT2D eigenvalue weighted by Crippen LogP contribution is -2.22. The number of nitro groups is 1. The highest BCUT2D eigenvalue weighted by Gasteiger charge is 2.34. The first-order valence-electron chi connectivity index (χ1n) is 20.5. The Hall–Kier alpha value is -7.45. The maximum Gasteiger partial charge on any atom is 0.422 e. The number of nitrogen functional groups attached to an aromatic ring is 1. The number of hydrogen-bond donors (Lipinski definition) is 3. The number of carboxylic acid groups (broad SMARTS) is 1. The summed E-state index contributed by atoms with van der Waals surface area (Å²) in [5.41, 5.74) is 3.24. The second-order valence-corrected chi connectivity index (χ2v) is 15.3. The van der Waals surface area contributed by atoms with Crippen molar-refractivity contribution in [1.82, 2.24) is 20.1 Å². The number of benzene rings is 4. The van der Waals surface area contributed by atoms with Gasteiger partial charge in [-0.25, -0.2) is 14.5 Å². The Morgan fingerprint density at radius 3 is 1.74 bits per heavy atom. The number of alkyl halides is 12. The highest BCUT2D eigenvalue weighted by molar-refractivity contribution is 6.38. The summed E-state index contributed by atoms with van der Waals surface area (Å²) in [4.78, 5) is 24.1. The van der Waals surface area contributed by atoms with E-state index in [1.807, 2.05) is 37.4 Å². The zero-order valence-electron chi connectivity index (χ0n) is 38.0. The molecule has 0 saturated carbocycles. The minimum absolute atomic E-state index is 0.00516. The van der Waals surface area contributed by atoms with E-state index in [9.17, 15) is 67.6 Å². The molecule has 0 amide bonds. The van der Waals surface area contributed by atoms with Gasteiger partial charge < -0.3 is 35.1 Å². The number of halogens is 14. The largest absolute Gasteiger partial charge is 0.492 e. The Bertz CT molecular complexity index is 2710. The van der Waals surface area contributed by atoms with Crippen molar-refractivity contribution in [1.29, 1.82) is 0 Å². The zero-order chi connectivity index (χ0) is 55.6. The van der Waals surface area contributed by atoms with Gasteiger partial charge in [0.2, 0.25) is 11.7 Å². The third kappa shape index (κ3) is 19.9. The van der Waals surface area contributed by atoms with Crippen LogP contribution in [-0.2, 0) is 28.1 Å². The molecule has 6 rings (SSSR count). The van der Waals surface area contributed by atoms with Crippen molar-refractivity contribution in [2.24, 2.45) is 0 Å². The van der Waals surface area contributed by atoms with Crippen LogP contribution in [0.4, 0.5) is 64.2 Å². The molecule has 0 saturated heterocycles. The third-order valence-corrected chi connectivity index (χ3v) is 9.54. The molecule has 74 heavy (non-hydrogen) atoms. The van der Waals surface area contributed by atoms with E-state index < -0.39 is 76.5 Å². The number of nitrogens with two attached hydrogens (primary N) is 1. The summed E-state index contributed by atoms with van der Waals surface area (Å²) >= 11 is 11.5. The SMILES string of the molecule is C=COCC(F)(F)F.CC(Oc1ccc(Oc2ccc(C(F)(F)F)cn2)cc1)C(=O)O.CNCCC(Oc1ccc(C(F)(F)F)cc1)c1ccccc1.Nc1c([N+](=O)[O-])cnn1-c1c(Cl)cc(C(F)(F)F)cc1Cl. The quantitative estimate of drug-likeness (QED) is 0.0383. The highest BCUT2D eigenvalue weighted by atomic mass is 35.5. The van der Waals surface area contributed by atoms with Crippen LogP contribution in [0.1, 0.15) is 41.7 Å². The highest BCUT2D eigenvalue weighted by Crippen LogP contribution is 2.39. The van der Waals surface area contributed by atoms with Gasteiger partial charge in [-0.1, -0.05) is 60.1 Å². The molecule has 2 aromatic heterocycles. The topological polar surface area (TPSA) is 186 Å². The summed E-state index contributed by atoms with van der Waals surface area (Å²) in [6.07, 6.45) is -15.9. The van der Waals surface area contributed by atoms with Crippen LogP contribution < -0.4 is 25.3 Å². The number of hydrogen-bond acceptors (Lipinski definition) is 11. The Morgan fingerprint density at radius 1 is 0.797 bits per heavy atom. The van der Waals surface area contributed by atoms with Crippen molar-refractivity contribution in [2.45, 2.75) is 50.3 Å². The number of rotatable bonds is 15. The molecule has 0 aliphatic heterocycles. The summed E-state index contributed by atoms with van der Waals surface area (Å²) in [6, 6.07) is 23.6. The van der Waals surface area contributed by atoms with E-state index in [4.69, 9.17) is 48.3 Å². The van der Waals surface area contributed by atoms with Crippen molar-refractivity contribution in [3.8, 4) is 28.8 Å². The van der Waals surface area contributed by atoms with Crippen LogP contribution in [0, 0.1) is 10.1 Å². The van der Waals surface area contributed by atoms with Gasteiger partial charge in [0.05, 0.1) is 37.9 Å². The van der Waals surface area contributed by atoms with Crippen LogP contribution in [0.25, 0.3) is 5.69 Å². The molecule has 0 fully saturated rings. The number of ether oxygens (including phenoxy) is 4. The first-order valence-corrected chi connectivity index (χ1v) is 21.3. The molecule has 14 nitrogen and oxygen atoms in total. The summed E-state index contributed by atoms with van der Waals surface area (Å²) in [5, 5.41) is 25.3. The molecule has 6 aromatic rings. The maximum absolute atomic E-state index is 12.6. The molecule has 0 aliphatic carbocycles. The van der Waals surface area contributed by atoms with Gasteiger partial charge in [-0.15, -0.1) is 0 Å². The summed E-state index contributed by atoms with van der Waals surface area (Å²) < 4.78 is 167. The molecule has 4 aromatic carbocycles. The Balaban J connectivity index is 0.000000272. The molecule has 0 radical (unpaired) electrons. The van der Waals surface area contributed by atoms with Crippen molar-refractivity contribution >= 4 is 40.7 Å². The minimum atomic E-state index is -4.63. The molecular weight excluding hydrogens is 1060 g/mol. The number of nitrogens with zero attached hydrogens (tertiary/aromatic N) is 4. The molecule has 2 atom stereocenters. The molecule has 0 bridgehead atoms. The predicted octanol–water partition coefficient (Wildman–Crippen LogP) is 13.6. The third-order valence-electron chi connectivity index (χ3n) is 8.96. The lowest BCUT2D eigenvalue weighted by atomic mass is 10.1. The van der Waals surface area contributed by atoms with E-state index in [0.717, 1.165) is 59.9 Å². The second-order valence-electron chi connectivity index (χ2n) is 14.4. The number of aromatic nitrogens is 3. The van der Waals surface area contributed by atoms with Gasteiger partial charge in [0.15, 0.2) is 12.7 Å². The number of carbonyl (C=O) groups is 1. The van der Waals surface area contributed by atoms with Crippen LogP contribution >= 0.6 is 23.2 Å². The Labute approximate surface area is 422 Å². The van der Waals surface area contributed by atoms with E-state index in [0.29, 0.717) is 35.6 Å². The standard InChI is InChI=1S/C17H18F3NO.C15H12F3NO4.C10H5Cl2F3N4O2.C4H5F3O/c1-21-12-11-16(13-5-3-2-4-6-13)22-15-9-7-14(8-10-15)17(18,19)20;1-9(14(20)21)22-11-3-5-12(6-4-11)23-13-7-2-10(8-19-13)15(16,17)18;11-5-1-4(10(13,14)15)2-6(12)8(5)18-9(16)7(3-17-18)19(20)21;1-2-8-3-4(5,6)7/h2-10,16,21H,11-12H2,1H3;2-9H,1H3,(H,20,21);1-3H,16H2;2H,1,3H2. The number of pyridine rings is 1. The van der Waals surface area contributed by atoms with E-state index in [-0.39, 0.29) is 27.7 Å². The van der Waals surface area contributed by atoms with E-state index >= 15 is 0 Å². The monoisotopic (exact) mass is 1100 g/mol. The fourth-order valence-corrected chi connectivity index (χ4v) is 6.09. The first-order chi connectivity index (χ1) is 34.4. The van der Waals surface area contributed by atoms with Crippen LogP contribution in [-0.4, -0.2) is 63.2 Å². The van der Waals surface area contributed by atoms with Crippen LogP contribution in [0.15, 0.2) is 128 Å². The van der Waals surface area contributed by atoms with Crippen LogP contribution in [0.3, 0.4) is 0 Å². The molecule has 4 N–H and O–H groups in total. The molecule has 0 spiro atoms. The van der Waals surface area contributed by atoms with E-state index in [2.05, 4.69) is 26.7 Å². The maximum atomic E-state index is 12.6. The fraction of sp³-hybridized carbons (Fsp3) is 0.239. The predicted molar refractivity (Wildman–Crippen MR) is 245 cm³/mol. The van der Waals surface area contributed by atoms with Crippen molar-refractivity contribution in [2.75, 3.05) is 25.9 Å². The molecular formula is C46H40Cl2F12N6O8. The summed E-state index contributed by atoms with van der Waals surface area (Å²) in [7, 11) is 1.85. The zero-order valence-corrected chi connectivity index (χ0v) is 39.5. The van der Waals surface area contributed by atoms with Gasteiger partial charge in [0, 0.05) is 18.7 Å². The van der Waals surface area contributed by atoms with Crippen molar-refractivity contribution in [3.05, 3.63) is 171 Å². The van der Waals surface area contributed by atoms with Gasteiger partial charge in [-0.05, 0) is 92.8 Å². The first kappa shape index (κ1) is 60.9. The molecule has 2 heterocycles. The summed E-state index contributed by atoms with van der Waals surface area (Å²) in [6.45, 7) is 3.83. The average Bonchev–Trinajstić information content (AvgIpc) is 3.70. The smallest absolute Gasteiger partial charge is 0.422 e. The van der Waals surface area contributed by atoms with Gasteiger partial charge in [-0.2, -0.15) is 57.8 Å².